The molecule has 2 aliphatic rings. The molecule has 0 N–H and O–H groups in total. The molecule has 3 aromatic rings. The standard InChI is InChI=1S/C23H27N5O3/c29-22(16-20-18-6-2-4-8-21(18)31-25-20)27-12-9-26(10-13-27)11-14-28-23(30)15-17-5-1-3-7-19(17)24-28/h2,4,6,8,15H,1,3,5,7,9-14,16H2. The van der Waals surface area contributed by atoms with E-state index >= 15 is 0 Å². The normalized spacial score (nSPS) is 17.1. The monoisotopic (exact) mass is 421 g/mol. The van der Waals surface area contributed by atoms with E-state index < -0.39 is 0 Å². The summed E-state index contributed by atoms with van der Waals surface area (Å²) in [6, 6.07) is 9.38. The van der Waals surface area contributed by atoms with E-state index in [-0.39, 0.29) is 17.9 Å². The van der Waals surface area contributed by atoms with Crippen molar-refractivity contribution in [3.8, 4) is 0 Å². The number of hydrogen-bond donors (Lipinski definition) is 0. The van der Waals surface area contributed by atoms with Gasteiger partial charge in [0, 0.05) is 44.2 Å². The van der Waals surface area contributed by atoms with E-state index in [9.17, 15) is 9.59 Å². The van der Waals surface area contributed by atoms with Crippen molar-refractivity contribution in [2.75, 3.05) is 32.7 Å². The van der Waals surface area contributed by atoms with E-state index in [2.05, 4.69) is 15.2 Å². The Hall–Kier alpha value is -3.00. The lowest BCUT2D eigenvalue weighted by Crippen LogP contribution is -2.50. The van der Waals surface area contributed by atoms with Crippen molar-refractivity contribution in [2.45, 2.75) is 38.6 Å². The molecule has 8 heteroatoms. The fourth-order valence-corrected chi connectivity index (χ4v) is 4.54. The Balaban J connectivity index is 1.14. The zero-order valence-corrected chi connectivity index (χ0v) is 17.6. The molecule has 0 radical (unpaired) electrons. The van der Waals surface area contributed by atoms with Crippen LogP contribution in [-0.4, -0.2) is 63.4 Å². The highest BCUT2D eigenvalue weighted by Crippen LogP contribution is 2.19. The predicted octanol–water partition coefficient (Wildman–Crippen LogP) is 1.65. The van der Waals surface area contributed by atoms with Gasteiger partial charge in [0.2, 0.25) is 5.91 Å². The molecule has 1 fully saturated rings. The van der Waals surface area contributed by atoms with Gasteiger partial charge in [0.25, 0.3) is 5.56 Å². The van der Waals surface area contributed by atoms with Gasteiger partial charge in [-0.2, -0.15) is 5.10 Å². The highest BCUT2D eigenvalue weighted by molar-refractivity contribution is 5.86. The van der Waals surface area contributed by atoms with Crippen LogP contribution < -0.4 is 5.56 Å². The lowest BCUT2D eigenvalue weighted by Gasteiger charge is -2.34. The van der Waals surface area contributed by atoms with E-state index in [0.717, 1.165) is 62.0 Å². The molecule has 0 atom stereocenters. The van der Waals surface area contributed by atoms with Crippen LogP contribution in [0, 0.1) is 0 Å². The molecule has 5 rings (SSSR count). The van der Waals surface area contributed by atoms with E-state index in [1.54, 1.807) is 10.7 Å². The molecule has 1 saturated heterocycles. The average molecular weight is 422 g/mol. The average Bonchev–Trinajstić information content (AvgIpc) is 3.21. The molecule has 3 heterocycles. The van der Waals surface area contributed by atoms with Crippen LogP contribution in [0.3, 0.4) is 0 Å². The van der Waals surface area contributed by atoms with Crippen molar-refractivity contribution in [3.05, 3.63) is 57.6 Å². The third-order valence-electron chi connectivity index (χ3n) is 6.40. The van der Waals surface area contributed by atoms with Crippen LogP contribution in [0.2, 0.25) is 0 Å². The number of fused-ring (bicyclic) bond motifs is 2. The maximum Gasteiger partial charge on any atom is 0.267 e. The Labute approximate surface area is 180 Å². The van der Waals surface area contributed by atoms with Crippen LogP contribution >= 0.6 is 0 Å². The molecular weight excluding hydrogens is 394 g/mol. The van der Waals surface area contributed by atoms with Gasteiger partial charge in [-0.25, -0.2) is 4.68 Å². The largest absolute Gasteiger partial charge is 0.356 e. The van der Waals surface area contributed by atoms with E-state index in [4.69, 9.17) is 4.52 Å². The van der Waals surface area contributed by atoms with E-state index in [1.807, 2.05) is 29.2 Å². The first-order valence-electron chi connectivity index (χ1n) is 11.1. The third kappa shape index (κ3) is 4.25. The summed E-state index contributed by atoms with van der Waals surface area (Å²) in [5.74, 6) is 0.0753. The number of carbonyl (C=O) groups excluding carboxylic acids is 1. The first kappa shape index (κ1) is 19.9. The summed E-state index contributed by atoms with van der Waals surface area (Å²) in [4.78, 5) is 29.3. The molecule has 162 valence electrons. The van der Waals surface area contributed by atoms with Crippen LogP contribution in [0.4, 0.5) is 0 Å². The minimum atomic E-state index is -0.00528. The number of nitrogens with zero attached hydrogens (tertiary/aromatic N) is 5. The lowest BCUT2D eigenvalue weighted by atomic mass is 9.97. The maximum absolute atomic E-state index is 12.7. The maximum atomic E-state index is 12.7. The highest BCUT2D eigenvalue weighted by atomic mass is 16.5. The molecule has 2 aromatic heterocycles. The Morgan fingerprint density at radius 3 is 2.71 bits per heavy atom. The van der Waals surface area contributed by atoms with Gasteiger partial charge in [0.1, 0.15) is 5.69 Å². The van der Waals surface area contributed by atoms with Crippen LogP contribution in [0.25, 0.3) is 11.0 Å². The van der Waals surface area contributed by atoms with Crippen LogP contribution in [0.15, 0.2) is 39.6 Å². The highest BCUT2D eigenvalue weighted by Gasteiger charge is 2.23. The van der Waals surface area contributed by atoms with Gasteiger partial charge in [0.15, 0.2) is 5.58 Å². The molecule has 1 amide bonds. The molecule has 0 bridgehead atoms. The first-order chi connectivity index (χ1) is 15.2. The van der Waals surface area contributed by atoms with Crippen molar-refractivity contribution >= 4 is 16.9 Å². The molecular formula is C23H27N5O3. The number of aromatic nitrogens is 3. The Morgan fingerprint density at radius 1 is 1.03 bits per heavy atom. The zero-order valence-electron chi connectivity index (χ0n) is 17.6. The lowest BCUT2D eigenvalue weighted by molar-refractivity contribution is -0.132. The van der Waals surface area contributed by atoms with Crippen LogP contribution in [0.5, 0.6) is 0 Å². The summed E-state index contributed by atoms with van der Waals surface area (Å²) in [5, 5.41) is 9.58. The molecule has 31 heavy (non-hydrogen) atoms. The van der Waals surface area contributed by atoms with Crippen molar-refractivity contribution in [3.63, 3.8) is 0 Å². The SMILES string of the molecule is O=C(Cc1noc2ccccc12)N1CCN(CCn2nc3c(cc2=O)CCCC3)CC1. The molecule has 0 unspecified atom stereocenters. The van der Waals surface area contributed by atoms with Gasteiger partial charge < -0.3 is 9.42 Å². The number of aryl methyl sites for hydroxylation is 2. The zero-order chi connectivity index (χ0) is 21.2. The number of benzene rings is 1. The van der Waals surface area contributed by atoms with Gasteiger partial charge in [-0.15, -0.1) is 0 Å². The Bertz CT molecular complexity index is 1140. The number of piperazine rings is 1. The fourth-order valence-electron chi connectivity index (χ4n) is 4.54. The summed E-state index contributed by atoms with van der Waals surface area (Å²) in [7, 11) is 0. The number of hydrogen-bond acceptors (Lipinski definition) is 6. The second-order valence-electron chi connectivity index (χ2n) is 8.41. The number of rotatable bonds is 5. The summed E-state index contributed by atoms with van der Waals surface area (Å²) in [6.45, 7) is 4.31. The summed E-state index contributed by atoms with van der Waals surface area (Å²) in [5.41, 5.74) is 3.61. The van der Waals surface area contributed by atoms with Crippen molar-refractivity contribution in [2.24, 2.45) is 0 Å². The smallest absolute Gasteiger partial charge is 0.267 e. The van der Waals surface area contributed by atoms with E-state index in [1.165, 1.54) is 0 Å². The van der Waals surface area contributed by atoms with Crippen molar-refractivity contribution in [1.29, 1.82) is 0 Å². The molecule has 8 nitrogen and oxygen atoms in total. The predicted molar refractivity (Wildman–Crippen MR) is 116 cm³/mol. The first-order valence-corrected chi connectivity index (χ1v) is 11.1. The summed E-state index contributed by atoms with van der Waals surface area (Å²) >= 11 is 0. The van der Waals surface area contributed by atoms with Gasteiger partial charge in [-0.1, -0.05) is 17.3 Å². The molecule has 0 spiro atoms. The third-order valence-corrected chi connectivity index (χ3v) is 6.40. The Kier molecular flexibility index (Phi) is 5.55. The number of para-hydroxylation sites is 1. The molecule has 1 aliphatic carbocycles. The number of carbonyl (C=O) groups is 1. The summed E-state index contributed by atoms with van der Waals surface area (Å²) in [6.07, 6.45) is 4.49. The Morgan fingerprint density at radius 2 is 1.84 bits per heavy atom. The minimum absolute atomic E-state index is 0.00528. The second kappa shape index (κ2) is 8.63. The van der Waals surface area contributed by atoms with Gasteiger partial charge in [0.05, 0.1) is 18.7 Å². The van der Waals surface area contributed by atoms with E-state index in [0.29, 0.717) is 30.9 Å². The minimum Gasteiger partial charge on any atom is -0.356 e. The van der Waals surface area contributed by atoms with Crippen LogP contribution in [0.1, 0.15) is 29.8 Å². The van der Waals surface area contributed by atoms with Crippen LogP contribution in [-0.2, 0) is 30.6 Å². The molecule has 1 aromatic carbocycles. The van der Waals surface area contributed by atoms with Crippen molar-refractivity contribution < 1.29 is 9.32 Å². The molecule has 0 saturated carbocycles. The summed E-state index contributed by atoms with van der Waals surface area (Å²) < 4.78 is 6.92. The van der Waals surface area contributed by atoms with Gasteiger partial charge >= 0.3 is 0 Å². The topological polar surface area (TPSA) is 84.5 Å². The van der Waals surface area contributed by atoms with Gasteiger partial charge in [-0.05, 0) is 43.4 Å². The second-order valence-corrected chi connectivity index (χ2v) is 8.41. The number of amides is 1. The quantitative estimate of drug-likeness (QED) is 0.623. The fraction of sp³-hybridized carbons (Fsp3) is 0.478. The molecule has 1 aliphatic heterocycles. The van der Waals surface area contributed by atoms with Crippen molar-refractivity contribution in [1.82, 2.24) is 24.7 Å². The van der Waals surface area contributed by atoms with Gasteiger partial charge in [-0.3, -0.25) is 14.5 Å².